The molecule has 0 bridgehead atoms. The van der Waals surface area contributed by atoms with Crippen molar-refractivity contribution < 1.29 is 19.0 Å². The Labute approximate surface area is 168 Å². The van der Waals surface area contributed by atoms with Crippen molar-refractivity contribution in [3.05, 3.63) is 17.7 Å². The van der Waals surface area contributed by atoms with Crippen LogP contribution in [0.1, 0.15) is 55.3 Å². The highest BCUT2D eigenvalue weighted by Gasteiger charge is 2.29. The van der Waals surface area contributed by atoms with Crippen LogP contribution in [-0.4, -0.2) is 69.3 Å². The van der Waals surface area contributed by atoms with Crippen LogP contribution in [0.15, 0.2) is 12.1 Å². The number of carbonyl (C=O) groups is 1. The molecule has 6 heteroatoms. The molecule has 0 aliphatic carbocycles. The number of benzene rings is 1. The van der Waals surface area contributed by atoms with Gasteiger partial charge >= 0.3 is 0 Å². The molecule has 28 heavy (non-hydrogen) atoms. The van der Waals surface area contributed by atoms with E-state index < -0.39 is 0 Å². The molecular formula is C22H34N2O4. The summed E-state index contributed by atoms with van der Waals surface area (Å²) in [6.45, 7) is 4.31. The first-order valence-electron chi connectivity index (χ1n) is 10.5. The Morgan fingerprint density at radius 1 is 0.929 bits per heavy atom. The van der Waals surface area contributed by atoms with Gasteiger partial charge < -0.3 is 24.0 Å². The molecule has 0 N–H and O–H groups in total. The summed E-state index contributed by atoms with van der Waals surface area (Å²) in [5.74, 6) is 1.61. The number of rotatable bonds is 7. The molecule has 0 spiro atoms. The predicted octanol–water partition coefficient (Wildman–Crippen LogP) is 3.58. The maximum absolute atomic E-state index is 13.4. The second kappa shape index (κ2) is 10.0. The maximum atomic E-state index is 13.4. The fourth-order valence-corrected chi connectivity index (χ4v) is 4.45. The highest BCUT2D eigenvalue weighted by molar-refractivity contribution is 5.96. The van der Waals surface area contributed by atoms with Crippen LogP contribution < -0.4 is 14.2 Å². The van der Waals surface area contributed by atoms with Crippen LogP contribution in [0.25, 0.3) is 0 Å². The molecule has 2 heterocycles. The Morgan fingerprint density at radius 2 is 1.57 bits per heavy atom. The van der Waals surface area contributed by atoms with Gasteiger partial charge in [-0.05, 0) is 63.7 Å². The number of likely N-dealkylation sites (tertiary alicyclic amines) is 2. The molecule has 156 valence electrons. The monoisotopic (exact) mass is 390 g/mol. The van der Waals surface area contributed by atoms with Gasteiger partial charge in [0.05, 0.1) is 21.3 Å². The molecule has 2 fully saturated rings. The number of piperidine rings is 2. The molecule has 2 aliphatic rings. The van der Waals surface area contributed by atoms with Gasteiger partial charge in [0.2, 0.25) is 5.75 Å². The molecule has 3 rings (SSSR count). The molecule has 0 radical (unpaired) electrons. The summed E-state index contributed by atoms with van der Waals surface area (Å²) < 4.78 is 16.2. The van der Waals surface area contributed by atoms with E-state index in [0.717, 1.165) is 32.4 Å². The van der Waals surface area contributed by atoms with Gasteiger partial charge in [0.15, 0.2) is 11.5 Å². The van der Waals surface area contributed by atoms with Crippen LogP contribution in [0.3, 0.4) is 0 Å². The second-order valence-corrected chi connectivity index (χ2v) is 7.75. The third-order valence-corrected chi connectivity index (χ3v) is 6.03. The Bertz CT molecular complexity index is 633. The smallest absolute Gasteiger partial charge is 0.254 e. The van der Waals surface area contributed by atoms with E-state index in [1.807, 2.05) is 0 Å². The summed E-state index contributed by atoms with van der Waals surface area (Å²) >= 11 is 0. The van der Waals surface area contributed by atoms with Gasteiger partial charge in [-0.3, -0.25) is 4.79 Å². The van der Waals surface area contributed by atoms with E-state index in [4.69, 9.17) is 14.2 Å². The Kier molecular flexibility index (Phi) is 7.43. The summed E-state index contributed by atoms with van der Waals surface area (Å²) in [6.07, 6.45) is 8.36. The first-order valence-corrected chi connectivity index (χ1v) is 10.5. The number of amides is 1. The minimum Gasteiger partial charge on any atom is -0.493 e. The number of nitrogens with zero attached hydrogens (tertiary/aromatic N) is 2. The van der Waals surface area contributed by atoms with Crippen LogP contribution in [0.4, 0.5) is 0 Å². The zero-order valence-corrected chi connectivity index (χ0v) is 17.5. The fourth-order valence-electron chi connectivity index (χ4n) is 4.45. The van der Waals surface area contributed by atoms with Crippen molar-refractivity contribution in [2.24, 2.45) is 0 Å². The third kappa shape index (κ3) is 4.72. The van der Waals surface area contributed by atoms with Gasteiger partial charge in [-0.1, -0.05) is 6.42 Å². The molecule has 2 saturated heterocycles. The number of methoxy groups -OCH3 is 3. The standard InChI is InChI=1S/C22H34N2O4/c1-26-19-15-17(16-20(27-2)21(19)28-3)22(25)24-13-8-5-9-18(24)10-14-23-11-6-4-7-12-23/h15-16,18H,4-14H2,1-3H3. The molecule has 1 unspecified atom stereocenters. The van der Waals surface area contributed by atoms with Crippen molar-refractivity contribution >= 4 is 5.91 Å². The highest BCUT2D eigenvalue weighted by Crippen LogP contribution is 2.39. The number of hydrogen-bond donors (Lipinski definition) is 0. The van der Waals surface area contributed by atoms with Gasteiger partial charge in [-0.15, -0.1) is 0 Å². The molecule has 1 atom stereocenters. The largest absolute Gasteiger partial charge is 0.493 e. The quantitative estimate of drug-likeness (QED) is 0.712. The number of carbonyl (C=O) groups excluding carboxylic acids is 1. The fraction of sp³-hybridized carbons (Fsp3) is 0.682. The minimum absolute atomic E-state index is 0.0580. The van der Waals surface area contributed by atoms with Crippen LogP contribution >= 0.6 is 0 Å². The maximum Gasteiger partial charge on any atom is 0.254 e. The van der Waals surface area contributed by atoms with Crippen molar-refractivity contribution in [3.63, 3.8) is 0 Å². The van der Waals surface area contributed by atoms with Gasteiger partial charge in [0.1, 0.15) is 0 Å². The summed E-state index contributed by atoms with van der Waals surface area (Å²) in [7, 11) is 4.73. The highest BCUT2D eigenvalue weighted by atomic mass is 16.5. The van der Waals surface area contributed by atoms with Gasteiger partial charge in [-0.25, -0.2) is 0 Å². The Balaban J connectivity index is 1.74. The normalized spacial score (nSPS) is 20.7. The molecule has 1 aromatic rings. The lowest BCUT2D eigenvalue weighted by Gasteiger charge is -2.37. The van der Waals surface area contributed by atoms with Gasteiger partial charge in [-0.2, -0.15) is 0 Å². The number of ether oxygens (including phenoxy) is 3. The van der Waals surface area contributed by atoms with E-state index in [-0.39, 0.29) is 5.91 Å². The van der Waals surface area contributed by atoms with Crippen LogP contribution in [-0.2, 0) is 0 Å². The molecular weight excluding hydrogens is 356 g/mol. The summed E-state index contributed by atoms with van der Waals surface area (Å²) in [5, 5.41) is 0. The van der Waals surface area contributed by atoms with E-state index in [0.29, 0.717) is 28.9 Å². The van der Waals surface area contributed by atoms with Crippen molar-refractivity contribution in [1.29, 1.82) is 0 Å². The third-order valence-electron chi connectivity index (χ3n) is 6.03. The number of hydrogen-bond acceptors (Lipinski definition) is 5. The molecule has 1 amide bonds. The van der Waals surface area contributed by atoms with Crippen molar-refractivity contribution in [2.75, 3.05) is 47.5 Å². The SMILES string of the molecule is COc1cc(C(=O)N2CCCCC2CCN2CCCCC2)cc(OC)c1OC. The topological polar surface area (TPSA) is 51.2 Å². The molecule has 0 saturated carbocycles. The van der Waals surface area contributed by atoms with E-state index in [2.05, 4.69) is 9.80 Å². The Hall–Kier alpha value is -1.95. The van der Waals surface area contributed by atoms with E-state index in [9.17, 15) is 4.79 Å². The Morgan fingerprint density at radius 3 is 2.18 bits per heavy atom. The van der Waals surface area contributed by atoms with E-state index >= 15 is 0 Å². The minimum atomic E-state index is 0.0580. The predicted molar refractivity (Wildman–Crippen MR) is 110 cm³/mol. The second-order valence-electron chi connectivity index (χ2n) is 7.75. The zero-order valence-electron chi connectivity index (χ0n) is 17.5. The van der Waals surface area contributed by atoms with Crippen LogP contribution in [0, 0.1) is 0 Å². The average molecular weight is 391 g/mol. The van der Waals surface area contributed by atoms with E-state index in [1.165, 1.54) is 38.8 Å². The van der Waals surface area contributed by atoms with Crippen molar-refractivity contribution in [1.82, 2.24) is 9.80 Å². The lowest BCUT2D eigenvalue weighted by molar-refractivity contribution is 0.0578. The molecule has 1 aromatic carbocycles. The first-order chi connectivity index (χ1) is 13.7. The van der Waals surface area contributed by atoms with E-state index in [1.54, 1.807) is 33.5 Å². The lowest BCUT2D eigenvalue weighted by atomic mass is 9.97. The molecule has 0 aromatic heterocycles. The molecule has 6 nitrogen and oxygen atoms in total. The molecule has 2 aliphatic heterocycles. The van der Waals surface area contributed by atoms with Crippen molar-refractivity contribution in [3.8, 4) is 17.2 Å². The zero-order chi connectivity index (χ0) is 19.9. The van der Waals surface area contributed by atoms with Gasteiger partial charge in [0.25, 0.3) is 5.91 Å². The first kappa shape index (κ1) is 20.8. The average Bonchev–Trinajstić information content (AvgIpc) is 2.77. The van der Waals surface area contributed by atoms with Crippen molar-refractivity contribution in [2.45, 2.75) is 51.0 Å². The summed E-state index contributed by atoms with van der Waals surface area (Å²) in [5.41, 5.74) is 0.597. The van der Waals surface area contributed by atoms with Crippen LogP contribution in [0.2, 0.25) is 0 Å². The van der Waals surface area contributed by atoms with Crippen LogP contribution in [0.5, 0.6) is 17.2 Å². The summed E-state index contributed by atoms with van der Waals surface area (Å²) in [6, 6.07) is 3.84. The van der Waals surface area contributed by atoms with Gasteiger partial charge in [0, 0.05) is 24.7 Å². The lowest BCUT2D eigenvalue weighted by Crippen LogP contribution is -2.45. The summed E-state index contributed by atoms with van der Waals surface area (Å²) in [4.78, 5) is 18.0.